The van der Waals surface area contributed by atoms with E-state index in [-0.39, 0.29) is 5.91 Å². The molecule has 2 aromatic heterocycles. The lowest BCUT2D eigenvalue weighted by molar-refractivity contribution is -0.121. The minimum atomic E-state index is -0.0631. The first-order chi connectivity index (χ1) is 7.84. The Bertz CT molecular complexity index is 381. The number of amides is 1. The van der Waals surface area contributed by atoms with E-state index >= 15 is 0 Å². The van der Waals surface area contributed by atoms with E-state index < -0.39 is 0 Å². The van der Waals surface area contributed by atoms with Gasteiger partial charge in [-0.3, -0.25) is 14.6 Å². The van der Waals surface area contributed by atoms with Crippen LogP contribution in [-0.4, -0.2) is 35.9 Å². The van der Waals surface area contributed by atoms with Crippen LogP contribution in [0.15, 0.2) is 19.0 Å². The van der Waals surface area contributed by atoms with E-state index in [0.29, 0.717) is 25.3 Å². The number of hydrogen-bond acceptors (Lipinski definition) is 5. The second-order valence-electron chi connectivity index (χ2n) is 3.12. The number of nitrogens with zero attached hydrogens (tertiary/aromatic N) is 5. The SMILES string of the molecule is O=C(CCn1cncn1)NCc1ncn[nH]1. The zero-order chi connectivity index (χ0) is 11.2. The molecule has 0 aliphatic carbocycles. The molecular formula is C8H11N7O. The van der Waals surface area contributed by atoms with Gasteiger partial charge in [-0.1, -0.05) is 0 Å². The third-order valence-electron chi connectivity index (χ3n) is 1.95. The molecule has 0 saturated carbocycles. The molecule has 2 rings (SSSR count). The fraction of sp³-hybridized carbons (Fsp3) is 0.375. The molecule has 2 aromatic rings. The Labute approximate surface area is 91.1 Å². The zero-order valence-electron chi connectivity index (χ0n) is 8.50. The summed E-state index contributed by atoms with van der Waals surface area (Å²) < 4.78 is 1.61. The summed E-state index contributed by atoms with van der Waals surface area (Å²) in [6, 6.07) is 0. The molecule has 0 saturated heterocycles. The van der Waals surface area contributed by atoms with Crippen molar-refractivity contribution in [1.82, 2.24) is 35.3 Å². The van der Waals surface area contributed by atoms with Crippen LogP contribution in [0.25, 0.3) is 0 Å². The van der Waals surface area contributed by atoms with Gasteiger partial charge in [0.25, 0.3) is 0 Å². The molecule has 0 fully saturated rings. The van der Waals surface area contributed by atoms with Crippen LogP contribution in [0.5, 0.6) is 0 Å². The van der Waals surface area contributed by atoms with Crippen molar-refractivity contribution in [2.24, 2.45) is 0 Å². The van der Waals surface area contributed by atoms with Crippen LogP contribution in [0.2, 0.25) is 0 Å². The summed E-state index contributed by atoms with van der Waals surface area (Å²) >= 11 is 0. The van der Waals surface area contributed by atoms with Gasteiger partial charge in [0.15, 0.2) is 0 Å². The molecule has 0 spiro atoms. The molecule has 16 heavy (non-hydrogen) atoms. The van der Waals surface area contributed by atoms with Gasteiger partial charge in [0.2, 0.25) is 5.91 Å². The van der Waals surface area contributed by atoms with Gasteiger partial charge >= 0.3 is 0 Å². The van der Waals surface area contributed by atoms with E-state index in [0.717, 1.165) is 0 Å². The van der Waals surface area contributed by atoms with Crippen molar-refractivity contribution in [2.75, 3.05) is 0 Å². The lowest BCUT2D eigenvalue weighted by atomic mass is 10.4. The minimum absolute atomic E-state index is 0.0631. The summed E-state index contributed by atoms with van der Waals surface area (Å²) in [6.45, 7) is 0.873. The lowest BCUT2D eigenvalue weighted by Crippen LogP contribution is -2.24. The van der Waals surface area contributed by atoms with E-state index in [1.165, 1.54) is 12.7 Å². The standard InChI is InChI=1S/C8H11N7O/c16-8(1-2-15-6-9-4-13-15)10-3-7-11-5-12-14-7/h4-6H,1-3H2,(H,10,16)(H,11,12,14). The van der Waals surface area contributed by atoms with Gasteiger partial charge in [0, 0.05) is 6.42 Å². The maximum atomic E-state index is 11.4. The predicted octanol–water partition coefficient (Wildman–Crippen LogP) is -0.897. The number of carbonyl (C=O) groups excluding carboxylic acids is 1. The highest BCUT2D eigenvalue weighted by Crippen LogP contribution is 1.89. The van der Waals surface area contributed by atoms with E-state index in [1.807, 2.05) is 0 Å². The number of rotatable bonds is 5. The van der Waals surface area contributed by atoms with Crippen LogP contribution in [0.3, 0.4) is 0 Å². The number of aromatic nitrogens is 6. The molecule has 0 radical (unpaired) electrons. The van der Waals surface area contributed by atoms with Gasteiger partial charge in [0.1, 0.15) is 24.8 Å². The molecule has 0 bridgehead atoms. The van der Waals surface area contributed by atoms with Gasteiger partial charge < -0.3 is 5.32 Å². The Balaban J connectivity index is 1.69. The average molecular weight is 221 g/mol. The van der Waals surface area contributed by atoms with Crippen LogP contribution in [-0.2, 0) is 17.9 Å². The summed E-state index contributed by atoms with van der Waals surface area (Å²) in [5.41, 5.74) is 0. The monoisotopic (exact) mass is 221 g/mol. The molecule has 8 heteroatoms. The molecule has 0 aliphatic heterocycles. The molecule has 2 N–H and O–H groups in total. The number of H-pyrrole nitrogens is 1. The molecule has 2 heterocycles. The summed E-state index contributed by atoms with van der Waals surface area (Å²) in [5.74, 6) is 0.570. The van der Waals surface area contributed by atoms with Gasteiger partial charge in [-0.05, 0) is 0 Å². The van der Waals surface area contributed by atoms with Crippen molar-refractivity contribution in [2.45, 2.75) is 19.5 Å². The van der Waals surface area contributed by atoms with E-state index in [2.05, 4.69) is 30.6 Å². The predicted molar refractivity (Wildman–Crippen MR) is 52.9 cm³/mol. The van der Waals surface area contributed by atoms with Crippen molar-refractivity contribution >= 4 is 5.91 Å². The first-order valence-corrected chi connectivity index (χ1v) is 4.78. The Kier molecular flexibility index (Phi) is 3.22. The van der Waals surface area contributed by atoms with Crippen LogP contribution in [0, 0.1) is 0 Å². The molecule has 0 aliphatic rings. The molecule has 84 valence electrons. The normalized spacial score (nSPS) is 10.2. The van der Waals surface area contributed by atoms with Crippen molar-refractivity contribution in [3.05, 3.63) is 24.8 Å². The summed E-state index contributed by atoms with van der Waals surface area (Å²) in [7, 11) is 0. The summed E-state index contributed by atoms with van der Waals surface area (Å²) in [6.07, 6.45) is 4.77. The second-order valence-corrected chi connectivity index (χ2v) is 3.12. The molecule has 8 nitrogen and oxygen atoms in total. The van der Waals surface area contributed by atoms with Crippen LogP contribution < -0.4 is 5.32 Å². The number of aryl methyl sites for hydroxylation is 1. The number of aromatic amines is 1. The highest BCUT2D eigenvalue weighted by molar-refractivity contribution is 5.75. The molecule has 0 aromatic carbocycles. The first kappa shape index (κ1) is 10.3. The van der Waals surface area contributed by atoms with Gasteiger partial charge in [0.05, 0.1) is 13.1 Å². The van der Waals surface area contributed by atoms with Crippen LogP contribution in [0.4, 0.5) is 0 Å². The quantitative estimate of drug-likeness (QED) is 0.681. The minimum Gasteiger partial charge on any atom is -0.349 e. The Hall–Kier alpha value is -2.25. The average Bonchev–Trinajstić information content (AvgIpc) is 2.96. The Morgan fingerprint density at radius 3 is 3.12 bits per heavy atom. The van der Waals surface area contributed by atoms with Crippen molar-refractivity contribution < 1.29 is 4.79 Å². The Morgan fingerprint density at radius 2 is 2.44 bits per heavy atom. The van der Waals surface area contributed by atoms with Crippen LogP contribution >= 0.6 is 0 Å². The smallest absolute Gasteiger partial charge is 0.222 e. The largest absolute Gasteiger partial charge is 0.349 e. The van der Waals surface area contributed by atoms with E-state index in [4.69, 9.17) is 0 Å². The second kappa shape index (κ2) is 5.01. The molecule has 1 amide bonds. The highest BCUT2D eigenvalue weighted by Gasteiger charge is 2.03. The van der Waals surface area contributed by atoms with Crippen molar-refractivity contribution in [1.29, 1.82) is 0 Å². The topological polar surface area (TPSA) is 101 Å². The lowest BCUT2D eigenvalue weighted by Gasteiger charge is -2.02. The zero-order valence-corrected chi connectivity index (χ0v) is 8.50. The van der Waals surface area contributed by atoms with E-state index in [9.17, 15) is 4.79 Å². The summed E-state index contributed by atoms with van der Waals surface area (Å²) in [4.78, 5) is 19.1. The Morgan fingerprint density at radius 1 is 1.50 bits per heavy atom. The van der Waals surface area contributed by atoms with Gasteiger partial charge in [-0.15, -0.1) is 0 Å². The number of nitrogens with one attached hydrogen (secondary N) is 2. The number of carbonyl (C=O) groups is 1. The fourth-order valence-electron chi connectivity index (χ4n) is 1.15. The molecular weight excluding hydrogens is 210 g/mol. The van der Waals surface area contributed by atoms with Gasteiger partial charge in [-0.2, -0.15) is 10.2 Å². The molecule has 0 atom stereocenters. The maximum Gasteiger partial charge on any atom is 0.222 e. The molecule has 0 unspecified atom stereocenters. The highest BCUT2D eigenvalue weighted by atomic mass is 16.1. The van der Waals surface area contributed by atoms with Crippen molar-refractivity contribution in [3.63, 3.8) is 0 Å². The van der Waals surface area contributed by atoms with Crippen molar-refractivity contribution in [3.8, 4) is 0 Å². The first-order valence-electron chi connectivity index (χ1n) is 4.78. The number of hydrogen-bond donors (Lipinski definition) is 2. The fourth-order valence-corrected chi connectivity index (χ4v) is 1.15. The third-order valence-corrected chi connectivity index (χ3v) is 1.95. The summed E-state index contributed by atoms with van der Waals surface area (Å²) in [5, 5.41) is 12.9. The maximum absolute atomic E-state index is 11.4. The van der Waals surface area contributed by atoms with Gasteiger partial charge in [-0.25, -0.2) is 9.97 Å². The van der Waals surface area contributed by atoms with E-state index in [1.54, 1.807) is 11.0 Å². The van der Waals surface area contributed by atoms with Crippen LogP contribution in [0.1, 0.15) is 12.2 Å². The third kappa shape index (κ3) is 2.87.